The Kier molecular flexibility index (Phi) is 15.0. The van der Waals surface area contributed by atoms with E-state index in [1.807, 2.05) is 0 Å². The van der Waals surface area contributed by atoms with E-state index in [4.69, 9.17) is 0 Å². The average molecular weight is 568 g/mol. The summed E-state index contributed by atoms with van der Waals surface area (Å²) >= 11 is 0. The first-order valence-corrected chi connectivity index (χ1v) is 18.8. The van der Waals surface area contributed by atoms with Crippen molar-refractivity contribution in [2.75, 3.05) is 0 Å². The minimum atomic E-state index is 0.580. The van der Waals surface area contributed by atoms with Crippen molar-refractivity contribution in [3.05, 3.63) is 24.3 Å². The van der Waals surface area contributed by atoms with Gasteiger partial charge in [-0.25, -0.2) is 0 Å². The fourth-order valence-electron chi connectivity index (χ4n) is 9.99. The van der Waals surface area contributed by atoms with Crippen LogP contribution in [0.5, 0.6) is 0 Å². The smallest absolute Gasteiger partial charge is 0.00980 e. The molecule has 0 radical (unpaired) electrons. The van der Waals surface area contributed by atoms with Gasteiger partial charge in [-0.05, 0) is 130 Å². The van der Waals surface area contributed by atoms with Gasteiger partial charge in [0, 0.05) is 12.1 Å². The molecule has 0 bridgehead atoms. The number of hydrogen-bond acceptors (Lipinski definition) is 1. The lowest BCUT2D eigenvalue weighted by molar-refractivity contribution is 0.0670. The predicted molar refractivity (Wildman–Crippen MR) is 183 cm³/mol. The minimum absolute atomic E-state index is 0.580. The summed E-state index contributed by atoms with van der Waals surface area (Å²) < 4.78 is 0. The van der Waals surface area contributed by atoms with Crippen LogP contribution in [0.15, 0.2) is 24.3 Å². The molecular formula is C40H73N. The Morgan fingerprint density at radius 2 is 1.66 bits per heavy atom. The van der Waals surface area contributed by atoms with Crippen LogP contribution in [0.3, 0.4) is 0 Å². The highest BCUT2D eigenvalue weighted by Crippen LogP contribution is 2.45. The topological polar surface area (TPSA) is 12.0 Å². The Bertz CT molecular complexity index is 767. The molecule has 3 aliphatic rings. The van der Waals surface area contributed by atoms with E-state index >= 15 is 0 Å². The van der Waals surface area contributed by atoms with Gasteiger partial charge in [0.2, 0.25) is 0 Å². The van der Waals surface area contributed by atoms with Crippen LogP contribution >= 0.6 is 0 Å². The molecule has 3 aliphatic carbocycles. The largest absolute Gasteiger partial charge is 0.311 e. The number of hydrogen-bond donors (Lipinski definition) is 1. The summed E-state index contributed by atoms with van der Waals surface area (Å²) in [6.07, 6.45) is 27.2. The zero-order chi connectivity index (χ0) is 29.9. The summed E-state index contributed by atoms with van der Waals surface area (Å²) in [4.78, 5) is 0. The SMILES string of the molecule is C=CC(/C=C1\CCCCC1CC1CC(C)C(NC(C)C2CC(C)CC(C)C2CCC)CC1C)CCC(CC)CCC. The van der Waals surface area contributed by atoms with Crippen LogP contribution < -0.4 is 5.32 Å². The van der Waals surface area contributed by atoms with Crippen molar-refractivity contribution < 1.29 is 0 Å². The Morgan fingerprint density at radius 1 is 0.878 bits per heavy atom. The molecule has 1 heteroatoms. The molecule has 0 amide bonds. The van der Waals surface area contributed by atoms with E-state index in [-0.39, 0.29) is 0 Å². The molecule has 0 heterocycles. The normalized spacial score (nSPS) is 38.0. The molecule has 41 heavy (non-hydrogen) atoms. The minimum Gasteiger partial charge on any atom is -0.311 e. The zero-order valence-corrected chi connectivity index (χ0v) is 29.1. The van der Waals surface area contributed by atoms with E-state index < -0.39 is 0 Å². The van der Waals surface area contributed by atoms with E-state index in [0.29, 0.717) is 18.0 Å². The molecule has 0 aromatic rings. The van der Waals surface area contributed by atoms with Crippen LogP contribution in [0.25, 0.3) is 0 Å². The molecule has 0 spiro atoms. The highest BCUT2D eigenvalue weighted by molar-refractivity contribution is 5.14. The van der Waals surface area contributed by atoms with Crippen LogP contribution in [-0.4, -0.2) is 12.1 Å². The summed E-state index contributed by atoms with van der Waals surface area (Å²) in [7, 11) is 0. The third-order valence-corrected chi connectivity index (χ3v) is 12.6. The second kappa shape index (κ2) is 17.7. The highest BCUT2D eigenvalue weighted by atomic mass is 15.0. The molecule has 1 nitrogen and oxygen atoms in total. The molecule has 3 rings (SSSR count). The third kappa shape index (κ3) is 10.3. The first kappa shape index (κ1) is 34.9. The Hall–Kier alpha value is -0.560. The van der Waals surface area contributed by atoms with Gasteiger partial charge >= 0.3 is 0 Å². The number of rotatable bonds is 15. The molecule has 0 aliphatic heterocycles. The quantitative estimate of drug-likeness (QED) is 0.194. The van der Waals surface area contributed by atoms with Crippen LogP contribution in [0.2, 0.25) is 0 Å². The maximum absolute atomic E-state index is 4.28. The van der Waals surface area contributed by atoms with Crippen LogP contribution in [0.4, 0.5) is 0 Å². The molecule has 0 saturated heterocycles. The van der Waals surface area contributed by atoms with Gasteiger partial charge in [0.15, 0.2) is 0 Å². The lowest BCUT2D eigenvalue weighted by Crippen LogP contribution is -2.51. The van der Waals surface area contributed by atoms with Crippen molar-refractivity contribution in [1.29, 1.82) is 0 Å². The molecule has 12 atom stereocenters. The van der Waals surface area contributed by atoms with Crippen LogP contribution in [-0.2, 0) is 0 Å². The lowest BCUT2D eigenvalue weighted by atomic mass is 9.64. The van der Waals surface area contributed by atoms with E-state index in [2.05, 4.69) is 79.4 Å². The average Bonchev–Trinajstić information content (AvgIpc) is 2.94. The van der Waals surface area contributed by atoms with E-state index in [1.54, 1.807) is 5.57 Å². The van der Waals surface area contributed by atoms with Gasteiger partial charge in [-0.1, -0.05) is 105 Å². The van der Waals surface area contributed by atoms with Crippen molar-refractivity contribution in [3.63, 3.8) is 0 Å². The van der Waals surface area contributed by atoms with Gasteiger partial charge < -0.3 is 5.32 Å². The summed E-state index contributed by atoms with van der Waals surface area (Å²) in [5.74, 6) is 8.39. The molecule has 0 aromatic heterocycles. The van der Waals surface area contributed by atoms with Crippen molar-refractivity contribution in [2.45, 2.75) is 170 Å². The molecule has 3 saturated carbocycles. The van der Waals surface area contributed by atoms with E-state index in [1.165, 1.54) is 103 Å². The standard InChI is InChI=1S/C40H73N/c1-10-16-33(12-3)20-21-34(13-4)26-35-18-14-15-19-36(35)27-37-24-31(8)40(25-29(37)6)41-32(9)39-23-28(5)22-30(7)38(39)17-11-2/h13,26,28-34,36-41H,4,10-12,14-25,27H2,1-3,5-9H3/b35-26+. The summed E-state index contributed by atoms with van der Waals surface area (Å²) in [6, 6.07) is 1.36. The van der Waals surface area contributed by atoms with Gasteiger partial charge in [0.05, 0.1) is 0 Å². The molecular weight excluding hydrogens is 494 g/mol. The van der Waals surface area contributed by atoms with Crippen molar-refractivity contribution in [3.8, 4) is 0 Å². The van der Waals surface area contributed by atoms with E-state index in [0.717, 1.165) is 53.3 Å². The maximum Gasteiger partial charge on any atom is 0.00980 e. The molecule has 1 N–H and O–H groups in total. The van der Waals surface area contributed by atoms with Gasteiger partial charge in [0.1, 0.15) is 0 Å². The fourth-order valence-corrected chi connectivity index (χ4v) is 9.99. The second-order valence-electron chi connectivity index (χ2n) is 15.9. The Labute approximate surface area is 258 Å². The first-order chi connectivity index (χ1) is 19.7. The van der Waals surface area contributed by atoms with E-state index in [9.17, 15) is 0 Å². The van der Waals surface area contributed by atoms with Gasteiger partial charge in [-0.3, -0.25) is 0 Å². The summed E-state index contributed by atoms with van der Waals surface area (Å²) in [6.45, 7) is 24.2. The molecule has 12 unspecified atom stereocenters. The summed E-state index contributed by atoms with van der Waals surface area (Å²) in [5.41, 5.74) is 1.81. The Balaban J connectivity index is 1.59. The number of nitrogens with one attached hydrogen (secondary N) is 1. The van der Waals surface area contributed by atoms with Gasteiger partial charge in [0.25, 0.3) is 0 Å². The zero-order valence-electron chi connectivity index (χ0n) is 29.1. The molecule has 3 fully saturated rings. The van der Waals surface area contributed by atoms with Crippen molar-refractivity contribution >= 4 is 0 Å². The highest BCUT2D eigenvalue weighted by Gasteiger charge is 2.39. The third-order valence-electron chi connectivity index (χ3n) is 12.6. The Morgan fingerprint density at radius 3 is 2.34 bits per heavy atom. The van der Waals surface area contributed by atoms with Crippen LogP contribution in [0.1, 0.15) is 158 Å². The molecule has 0 aromatic carbocycles. The lowest BCUT2D eigenvalue weighted by Gasteiger charge is -2.46. The fraction of sp³-hybridized carbons (Fsp3) is 0.900. The van der Waals surface area contributed by atoms with Crippen LogP contribution in [0, 0.1) is 59.2 Å². The second-order valence-corrected chi connectivity index (χ2v) is 15.9. The maximum atomic E-state index is 4.28. The monoisotopic (exact) mass is 568 g/mol. The van der Waals surface area contributed by atoms with Gasteiger partial charge in [-0.2, -0.15) is 0 Å². The predicted octanol–water partition coefficient (Wildman–Crippen LogP) is 12.0. The van der Waals surface area contributed by atoms with Gasteiger partial charge in [-0.15, -0.1) is 6.58 Å². The summed E-state index contributed by atoms with van der Waals surface area (Å²) in [5, 5.41) is 4.28. The van der Waals surface area contributed by atoms with Crippen molar-refractivity contribution in [1.82, 2.24) is 5.32 Å². The molecule has 238 valence electrons. The first-order valence-electron chi connectivity index (χ1n) is 18.8. The number of allylic oxidation sites excluding steroid dienone is 3. The van der Waals surface area contributed by atoms with Crippen molar-refractivity contribution in [2.24, 2.45) is 59.2 Å².